The van der Waals surface area contributed by atoms with Crippen molar-refractivity contribution in [2.75, 3.05) is 0 Å². The summed E-state index contributed by atoms with van der Waals surface area (Å²) in [5, 5.41) is 2.54. The Kier molecular flexibility index (Phi) is 4.32. The van der Waals surface area contributed by atoms with Gasteiger partial charge in [-0.3, -0.25) is 9.59 Å². The van der Waals surface area contributed by atoms with E-state index < -0.39 is 0 Å². The fraction of sp³-hybridized carbons (Fsp3) is 0.143. The highest BCUT2D eigenvalue weighted by atomic mass is 16.2. The van der Waals surface area contributed by atoms with E-state index in [1.807, 2.05) is 70.5 Å². The molecule has 2 aliphatic rings. The number of nitrogens with zero attached hydrogens (tertiary/aromatic N) is 2. The Morgan fingerprint density at radius 1 is 0.469 bits per heavy atom. The van der Waals surface area contributed by atoms with Crippen molar-refractivity contribution in [2.45, 2.75) is 26.2 Å². The van der Waals surface area contributed by atoms with Crippen LogP contribution in [0.15, 0.2) is 84.9 Å². The van der Waals surface area contributed by atoms with Gasteiger partial charge in [0.2, 0.25) is 0 Å². The van der Waals surface area contributed by atoms with Gasteiger partial charge in [-0.2, -0.15) is 0 Å². The van der Waals surface area contributed by atoms with Crippen molar-refractivity contribution < 1.29 is 9.59 Å². The Morgan fingerprint density at radius 2 is 0.781 bits per heavy atom. The van der Waals surface area contributed by atoms with Crippen LogP contribution in [0.3, 0.4) is 0 Å². The van der Waals surface area contributed by atoms with Gasteiger partial charge in [0.1, 0.15) is 0 Å². The van der Waals surface area contributed by atoms with Gasteiger partial charge in [-0.05, 0) is 57.3 Å². The third-order valence-corrected chi connectivity index (χ3v) is 6.57. The minimum absolute atomic E-state index is 0.0595. The van der Waals surface area contributed by atoms with Crippen molar-refractivity contribution in [2.24, 2.45) is 0 Å². The van der Waals surface area contributed by atoms with Gasteiger partial charge >= 0.3 is 0 Å². The fourth-order valence-electron chi connectivity index (χ4n) is 5.07. The Hall–Kier alpha value is -3.92. The Morgan fingerprint density at radius 3 is 1.09 bits per heavy atom. The van der Waals surface area contributed by atoms with Crippen molar-refractivity contribution in [1.29, 1.82) is 0 Å². The Balaban J connectivity index is 1.34. The summed E-state index contributed by atoms with van der Waals surface area (Å²) >= 11 is 0. The molecule has 0 saturated heterocycles. The maximum atomic E-state index is 13.1. The second kappa shape index (κ2) is 7.34. The molecule has 4 aromatic rings. The molecule has 4 heteroatoms. The molecule has 2 heterocycles. The number of benzene rings is 4. The molecule has 0 aromatic heterocycles. The molecule has 0 saturated carbocycles. The predicted molar refractivity (Wildman–Crippen MR) is 124 cm³/mol. The molecule has 0 radical (unpaired) electrons. The number of carbonyl (C=O) groups is 2. The van der Waals surface area contributed by atoms with Crippen LogP contribution in [0, 0.1) is 0 Å². The fourth-order valence-corrected chi connectivity index (χ4v) is 5.07. The quantitative estimate of drug-likeness (QED) is 0.452. The summed E-state index contributed by atoms with van der Waals surface area (Å²) in [5.41, 5.74) is 6.16. The summed E-state index contributed by atoms with van der Waals surface area (Å²) in [5.74, 6) is 0.119. The zero-order chi connectivity index (χ0) is 21.7. The first kappa shape index (κ1) is 18.8. The van der Waals surface area contributed by atoms with Gasteiger partial charge in [-0.15, -0.1) is 0 Å². The van der Waals surface area contributed by atoms with Crippen molar-refractivity contribution >= 4 is 22.6 Å². The Labute approximate surface area is 186 Å². The number of amides is 2. The third-order valence-electron chi connectivity index (χ3n) is 6.57. The van der Waals surface area contributed by atoms with E-state index in [1.54, 1.807) is 0 Å². The smallest absolute Gasteiger partial charge is 0.254 e. The van der Waals surface area contributed by atoms with Gasteiger partial charge in [0, 0.05) is 37.3 Å². The maximum Gasteiger partial charge on any atom is 0.254 e. The van der Waals surface area contributed by atoms with E-state index >= 15 is 0 Å². The lowest BCUT2D eigenvalue weighted by Crippen LogP contribution is -2.35. The van der Waals surface area contributed by atoms with Crippen LogP contribution in [0.5, 0.6) is 0 Å². The van der Waals surface area contributed by atoms with E-state index in [4.69, 9.17) is 0 Å². The van der Waals surface area contributed by atoms with Crippen LogP contribution in [-0.4, -0.2) is 21.6 Å². The van der Waals surface area contributed by atoms with Crippen molar-refractivity contribution in [3.63, 3.8) is 0 Å². The summed E-state index contributed by atoms with van der Waals surface area (Å²) in [6.07, 6.45) is 0. The van der Waals surface area contributed by atoms with Crippen LogP contribution in [0.2, 0.25) is 0 Å². The predicted octanol–water partition coefficient (Wildman–Crippen LogP) is 5.15. The lowest BCUT2D eigenvalue weighted by Gasteiger charge is -2.34. The second-order valence-electron chi connectivity index (χ2n) is 8.57. The molecule has 156 valence electrons. The van der Waals surface area contributed by atoms with Gasteiger partial charge < -0.3 is 9.80 Å². The first-order valence-corrected chi connectivity index (χ1v) is 10.9. The lowest BCUT2D eigenvalue weighted by atomic mass is 9.87. The van der Waals surface area contributed by atoms with Crippen LogP contribution >= 0.6 is 0 Å². The van der Waals surface area contributed by atoms with E-state index in [1.165, 1.54) is 33.0 Å². The highest BCUT2D eigenvalue weighted by molar-refractivity contribution is 6.00. The van der Waals surface area contributed by atoms with Crippen LogP contribution in [0.4, 0.5) is 0 Å². The lowest BCUT2D eigenvalue weighted by molar-refractivity contribution is 0.0716. The molecular weight excluding hydrogens is 396 g/mol. The monoisotopic (exact) mass is 418 g/mol. The summed E-state index contributed by atoms with van der Waals surface area (Å²) in [6.45, 7) is 2.42. The zero-order valence-corrected chi connectivity index (χ0v) is 17.6. The molecule has 2 aliphatic heterocycles. The topological polar surface area (TPSA) is 40.6 Å². The van der Waals surface area contributed by atoms with E-state index in [9.17, 15) is 9.59 Å². The minimum Gasteiger partial charge on any atom is -0.330 e. The summed E-state index contributed by atoms with van der Waals surface area (Å²) in [4.78, 5) is 30.0. The third kappa shape index (κ3) is 2.99. The van der Waals surface area contributed by atoms with Crippen LogP contribution in [0.25, 0.3) is 10.8 Å². The van der Waals surface area contributed by atoms with Gasteiger partial charge in [-0.1, -0.05) is 60.7 Å². The van der Waals surface area contributed by atoms with Gasteiger partial charge in [0.05, 0.1) is 0 Å². The molecule has 0 fully saturated rings. The molecule has 4 aromatic carbocycles. The summed E-state index contributed by atoms with van der Waals surface area (Å²) < 4.78 is 0. The largest absolute Gasteiger partial charge is 0.330 e. The molecule has 6 rings (SSSR count). The number of carbonyl (C=O) groups excluding carboxylic acids is 2. The first-order chi connectivity index (χ1) is 15.7. The molecule has 4 nitrogen and oxygen atoms in total. The molecule has 0 bridgehead atoms. The van der Waals surface area contributed by atoms with Crippen molar-refractivity contribution in [3.8, 4) is 0 Å². The van der Waals surface area contributed by atoms with E-state index in [-0.39, 0.29) is 11.8 Å². The highest BCUT2D eigenvalue weighted by Gasteiger charge is 2.29. The molecule has 0 unspecified atom stereocenters. The van der Waals surface area contributed by atoms with Crippen LogP contribution in [0.1, 0.15) is 43.0 Å². The average molecular weight is 418 g/mol. The minimum atomic E-state index is 0.0595. The molecule has 0 N–H and O–H groups in total. The second-order valence-corrected chi connectivity index (χ2v) is 8.57. The standard InChI is InChI=1S/C28H22N2O2/c31-27(19-7-3-1-4-8-19)29-15-21-11-13-23-17-30(28(32)20-9-5-2-6-10-20)18-24-14-12-22(16-29)25(21)26(23)24/h1-14H,15-18H2. The number of hydrogen-bond donors (Lipinski definition) is 0. The molecule has 0 spiro atoms. The SMILES string of the molecule is O=C(c1ccccc1)N1Cc2ccc3c4c(ccc(c24)C1)CN(C(=O)c1ccccc1)C3. The molecule has 32 heavy (non-hydrogen) atoms. The van der Waals surface area contributed by atoms with E-state index in [0.29, 0.717) is 26.2 Å². The summed E-state index contributed by atoms with van der Waals surface area (Å²) in [6, 6.07) is 27.5. The van der Waals surface area contributed by atoms with Gasteiger partial charge in [0.15, 0.2) is 0 Å². The van der Waals surface area contributed by atoms with Crippen LogP contribution in [-0.2, 0) is 26.2 Å². The summed E-state index contributed by atoms with van der Waals surface area (Å²) in [7, 11) is 0. The number of rotatable bonds is 2. The highest BCUT2D eigenvalue weighted by Crippen LogP contribution is 2.38. The Bertz CT molecular complexity index is 1210. The van der Waals surface area contributed by atoms with Crippen molar-refractivity contribution in [1.82, 2.24) is 9.80 Å². The molecular formula is C28H22N2O2. The maximum absolute atomic E-state index is 13.1. The van der Waals surface area contributed by atoms with Crippen molar-refractivity contribution in [3.05, 3.63) is 118 Å². The van der Waals surface area contributed by atoms with E-state index in [2.05, 4.69) is 24.3 Å². The first-order valence-electron chi connectivity index (χ1n) is 10.9. The van der Waals surface area contributed by atoms with Gasteiger partial charge in [0.25, 0.3) is 11.8 Å². The molecule has 0 aliphatic carbocycles. The normalized spacial score (nSPS) is 14.5. The number of hydrogen-bond acceptors (Lipinski definition) is 2. The van der Waals surface area contributed by atoms with Gasteiger partial charge in [-0.25, -0.2) is 0 Å². The van der Waals surface area contributed by atoms with E-state index in [0.717, 1.165) is 11.1 Å². The molecule has 2 amide bonds. The zero-order valence-electron chi connectivity index (χ0n) is 17.6. The molecule has 0 atom stereocenters. The average Bonchev–Trinajstić information content (AvgIpc) is 2.87. The van der Waals surface area contributed by atoms with Crippen LogP contribution < -0.4 is 0 Å².